The Morgan fingerprint density at radius 2 is 2.16 bits per heavy atom. The van der Waals surface area contributed by atoms with Crippen LogP contribution < -0.4 is 4.74 Å². The van der Waals surface area contributed by atoms with Gasteiger partial charge in [-0.15, -0.1) is 13.2 Å². The van der Waals surface area contributed by atoms with Gasteiger partial charge in [-0.05, 0) is 24.1 Å². The highest BCUT2D eigenvalue weighted by molar-refractivity contribution is 7.89. The molecule has 1 aliphatic rings. The van der Waals surface area contributed by atoms with E-state index in [1.54, 1.807) is 6.07 Å². The second kappa shape index (κ2) is 6.30. The molecule has 1 saturated heterocycles. The zero-order valence-electron chi connectivity index (χ0n) is 13.0. The van der Waals surface area contributed by atoms with Crippen molar-refractivity contribution in [2.75, 3.05) is 13.6 Å². The van der Waals surface area contributed by atoms with E-state index in [0.29, 0.717) is 18.5 Å². The fraction of sp³-hybridized carbons (Fsp3) is 0.429. The Morgan fingerprint density at radius 1 is 1.40 bits per heavy atom. The Labute approximate surface area is 141 Å². The van der Waals surface area contributed by atoms with Crippen molar-refractivity contribution < 1.29 is 30.8 Å². The summed E-state index contributed by atoms with van der Waals surface area (Å²) >= 11 is 0. The lowest BCUT2D eigenvalue weighted by Crippen LogP contribution is -2.22. The Kier molecular flexibility index (Phi) is 4.45. The molecule has 1 unspecified atom stereocenters. The van der Waals surface area contributed by atoms with Crippen LogP contribution >= 0.6 is 0 Å². The molecular formula is C14H14F3N3O4S. The van der Waals surface area contributed by atoms with Crippen LogP contribution in [-0.2, 0) is 16.4 Å². The fourth-order valence-electron chi connectivity index (χ4n) is 2.55. The lowest BCUT2D eigenvalue weighted by molar-refractivity contribution is -0.274. The smallest absolute Gasteiger partial charge is 0.406 e. The van der Waals surface area contributed by atoms with Crippen molar-refractivity contribution in [2.45, 2.75) is 24.5 Å². The quantitative estimate of drug-likeness (QED) is 0.813. The number of ether oxygens (including phenoxy) is 1. The number of benzene rings is 1. The number of aromatic nitrogens is 2. The molecule has 0 aliphatic carbocycles. The third-order valence-electron chi connectivity index (χ3n) is 3.75. The summed E-state index contributed by atoms with van der Waals surface area (Å²) in [6, 6.07) is 5.39. The van der Waals surface area contributed by atoms with E-state index in [2.05, 4.69) is 14.9 Å². The summed E-state index contributed by atoms with van der Waals surface area (Å²) in [4.78, 5) is 4.08. The van der Waals surface area contributed by atoms with Crippen molar-refractivity contribution in [2.24, 2.45) is 0 Å². The van der Waals surface area contributed by atoms with Crippen LogP contribution in [0, 0.1) is 0 Å². The number of rotatable bonds is 4. The highest BCUT2D eigenvalue weighted by Gasteiger charge is 2.41. The second-order valence-electron chi connectivity index (χ2n) is 5.56. The lowest BCUT2D eigenvalue weighted by Gasteiger charge is -2.09. The van der Waals surface area contributed by atoms with Gasteiger partial charge in [0.2, 0.25) is 15.9 Å². The van der Waals surface area contributed by atoms with Crippen LogP contribution in [0.15, 0.2) is 28.8 Å². The van der Waals surface area contributed by atoms with Gasteiger partial charge in [-0.3, -0.25) is 0 Å². The van der Waals surface area contributed by atoms with Crippen molar-refractivity contribution >= 4 is 10.0 Å². The molecule has 7 nitrogen and oxygen atoms in total. The van der Waals surface area contributed by atoms with Gasteiger partial charge in [-0.1, -0.05) is 17.3 Å². The number of hydrogen-bond acceptors (Lipinski definition) is 6. The molecule has 1 atom stereocenters. The third-order valence-corrected chi connectivity index (χ3v) is 5.96. The first-order chi connectivity index (χ1) is 11.6. The molecular weight excluding hydrogens is 363 g/mol. The average Bonchev–Trinajstić information content (AvgIpc) is 3.03. The van der Waals surface area contributed by atoms with Crippen LogP contribution in [0.3, 0.4) is 0 Å². The molecule has 0 amide bonds. The number of alkyl halides is 3. The van der Waals surface area contributed by atoms with Gasteiger partial charge in [0, 0.05) is 20.0 Å². The monoisotopic (exact) mass is 377 g/mol. The fourth-order valence-corrected chi connectivity index (χ4v) is 4.10. The minimum atomic E-state index is -4.78. The molecule has 0 bridgehead atoms. The Morgan fingerprint density at radius 3 is 2.80 bits per heavy atom. The number of sulfonamides is 1. The molecule has 2 heterocycles. The average molecular weight is 377 g/mol. The lowest BCUT2D eigenvalue weighted by atomic mass is 10.1. The SMILES string of the molecule is CN1CCC(c2nc(Cc3cccc(OC(F)(F)F)c3)no2)S1(=O)=O. The van der Waals surface area contributed by atoms with E-state index in [0.717, 1.165) is 0 Å². The zero-order valence-corrected chi connectivity index (χ0v) is 13.8. The van der Waals surface area contributed by atoms with Crippen LogP contribution in [-0.4, -0.2) is 42.8 Å². The summed E-state index contributed by atoms with van der Waals surface area (Å²) in [5.41, 5.74) is 0.473. The van der Waals surface area contributed by atoms with E-state index in [9.17, 15) is 21.6 Å². The summed E-state index contributed by atoms with van der Waals surface area (Å²) in [6.45, 7) is 0.363. The van der Waals surface area contributed by atoms with Gasteiger partial charge in [0.05, 0.1) is 0 Å². The van der Waals surface area contributed by atoms with Gasteiger partial charge in [0.25, 0.3) is 0 Å². The van der Waals surface area contributed by atoms with Crippen LogP contribution in [0.4, 0.5) is 13.2 Å². The predicted octanol–water partition coefficient (Wildman–Crippen LogP) is 2.27. The Hall–Kier alpha value is -2.14. The molecule has 25 heavy (non-hydrogen) atoms. The summed E-state index contributed by atoms with van der Waals surface area (Å²) in [7, 11) is -2.04. The van der Waals surface area contributed by atoms with Gasteiger partial charge < -0.3 is 9.26 Å². The molecule has 1 aromatic heterocycles. The van der Waals surface area contributed by atoms with Gasteiger partial charge in [0.1, 0.15) is 5.75 Å². The Balaban J connectivity index is 1.75. The van der Waals surface area contributed by atoms with Crippen LogP contribution in [0.25, 0.3) is 0 Å². The number of hydrogen-bond donors (Lipinski definition) is 0. The van der Waals surface area contributed by atoms with Gasteiger partial charge in [-0.25, -0.2) is 12.7 Å². The minimum Gasteiger partial charge on any atom is -0.406 e. The summed E-state index contributed by atoms with van der Waals surface area (Å²) < 4.78 is 71.1. The van der Waals surface area contributed by atoms with E-state index in [1.165, 1.54) is 29.6 Å². The van der Waals surface area contributed by atoms with Crippen molar-refractivity contribution in [1.82, 2.24) is 14.4 Å². The van der Waals surface area contributed by atoms with E-state index < -0.39 is 21.6 Å². The van der Waals surface area contributed by atoms with Crippen LogP contribution in [0.5, 0.6) is 5.75 Å². The molecule has 1 aromatic carbocycles. The molecule has 1 fully saturated rings. The first-order valence-corrected chi connectivity index (χ1v) is 8.78. The number of nitrogens with zero attached hydrogens (tertiary/aromatic N) is 3. The highest BCUT2D eigenvalue weighted by atomic mass is 32.2. The molecule has 0 saturated carbocycles. The van der Waals surface area contributed by atoms with E-state index in [-0.39, 0.29) is 23.9 Å². The topological polar surface area (TPSA) is 85.5 Å². The van der Waals surface area contributed by atoms with Crippen molar-refractivity contribution in [3.63, 3.8) is 0 Å². The maximum atomic E-state index is 12.3. The first-order valence-electron chi connectivity index (χ1n) is 7.27. The summed E-state index contributed by atoms with van der Waals surface area (Å²) in [5, 5.41) is 2.83. The maximum absolute atomic E-state index is 12.3. The minimum absolute atomic E-state index is 0.0120. The first kappa shape index (κ1) is 17.7. The second-order valence-corrected chi connectivity index (χ2v) is 7.79. The van der Waals surface area contributed by atoms with Gasteiger partial charge in [0.15, 0.2) is 11.1 Å². The van der Waals surface area contributed by atoms with Gasteiger partial charge in [-0.2, -0.15) is 4.98 Å². The van der Waals surface area contributed by atoms with E-state index >= 15 is 0 Å². The van der Waals surface area contributed by atoms with Crippen molar-refractivity contribution in [3.8, 4) is 5.75 Å². The molecule has 3 rings (SSSR count). The largest absolute Gasteiger partial charge is 0.573 e. The summed E-state index contributed by atoms with van der Waals surface area (Å²) in [5.74, 6) is -0.181. The molecule has 136 valence electrons. The van der Waals surface area contributed by atoms with Crippen LogP contribution in [0.2, 0.25) is 0 Å². The van der Waals surface area contributed by atoms with Crippen molar-refractivity contribution in [1.29, 1.82) is 0 Å². The molecule has 0 radical (unpaired) electrons. The van der Waals surface area contributed by atoms with E-state index in [1.807, 2.05) is 0 Å². The van der Waals surface area contributed by atoms with E-state index in [4.69, 9.17) is 4.52 Å². The molecule has 0 N–H and O–H groups in total. The van der Waals surface area contributed by atoms with Crippen LogP contribution in [0.1, 0.15) is 28.9 Å². The predicted molar refractivity (Wildman–Crippen MR) is 79.1 cm³/mol. The molecule has 1 aliphatic heterocycles. The maximum Gasteiger partial charge on any atom is 0.573 e. The normalized spacial score (nSPS) is 20.7. The van der Waals surface area contributed by atoms with Gasteiger partial charge >= 0.3 is 6.36 Å². The van der Waals surface area contributed by atoms with Crippen molar-refractivity contribution in [3.05, 3.63) is 41.5 Å². The zero-order chi connectivity index (χ0) is 18.2. The molecule has 0 spiro atoms. The standard InChI is InChI=1S/C14H14F3N3O4S/c1-20-6-5-11(25(20,21)22)13-18-12(19-24-13)8-9-3-2-4-10(7-9)23-14(15,16)17/h2-4,7,11H,5-6,8H2,1H3. The molecule has 11 heteroatoms. The third kappa shape index (κ3) is 3.93. The number of halogens is 3. The Bertz CT molecular complexity index is 866. The summed E-state index contributed by atoms with van der Waals surface area (Å²) in [6.07, 6.45) is -4.35. The highest BCUT2D eigenvalue weighted by Crippen LogP contribution is 2.33. The molecule has 2 aromatic rings.